The molecule has 4 nitrogen and oxygen atoms in total. The fourth-order valence-corrected chi connectivity index (χ4v) is 5.45. The Balaban J connectivity index is 1.45. The number of halogens is 2. The first-order valence-electron chi connectivity index (χ1n) is 10.2. The SMILES string of the molecule is Fc1ncc(CNCC[C@@]2(c3ccccn3)CCOC3(CCCC3)C2)cc1I. The molecule has 0 unspecified atom stereocenters. The Bertz CT molecular complexity index is 798. The third-order valence-electron chi connectivity index (χ3n) is 6.33. The van der Waals surface area contributed by atoms with Crippen molar-refractivity contribution in [2.45, 2.75) is 62.5 Å². The number of pyridine rings is 2. The maximum Gasteiger partial charge on any atom is 0.226 e. The van der Waals surface area contributed by atoms with Crippen LogP contribution in [-0.2, 0) is 16.7 Å². The molecule has 2 aliphatic rings. The van der Waals surface area contributed by atoms with Crippen molar-refractivity contribution in [1.29, 1.82) is 0 Å². The van der Waals surface area contributed by atoms with E-state index in [-0.39, 0.29) is 11.0 Å². The monoisotopic (exact) mass is 495 g/mol. The van der Waals surface area contributed by atoms with Gasteiger partial charge in [-0.15, -0.1) is 0 Å². The van der Waals surface area contributed by atoms with Gasteiger partial charge in [0.05, 0.1) is 9.17 Å². The normalized spacial score (nSPS) is 23.9. The van der Waals surface area contributed by atoms with Crippen LogP contribution in [0.25, 0.3) is 0 Å². The molecule has 1 saturated heterocycles. The van der Waals surface area contributed by atoms with Crippen molar-refractivity contribution in [2.75, 3.05) is 13.2 Å². The molecule has 1 spiro atoms. The van der Waals surface area contributed by atoms with Gasteiger partial charge in [0.2, 0.25) is 5.95 Å². The summed E-state index contributed by atoms with van der Waals surface area (Å²) < 4.78 is 20.2. The number of rotatable bonds is 6. The first-order valence-corrected chi connectivity index (χ1v) is 11.2. The van der Waals surface area contributed by atoms with E-state index in [9.17, 15) is 4.39 Å². The summed E-state index contributed by atoms with van der Waals surface area (Å²) in [6.07, 6.45) is 11.5. The molecule has 2 aromatic rings. The molecule has 4 rings (SSSR count). The van der Waals surface area contributed by atoms with Crippen LogP contribution in [0.3, 0.4) is 0 Å². The lowest BCUT2D eigenvalue weighted by atomic mass is 9.68. The maximum atomic E-state index is 13.4. The van der Waals surface area contributed by atoms with Gasteiger partial charge in [-0.25, -0.2) is 4.98 Å². The van der Waals surface area contributed by atoms with Crippen LogP contribution >= 0.6 is 22.6 Å². The second-order valence-electron chi connectivity index (χ2n) is 8.20. The van der Waals surface area contributed by atoms with Crippen molar-refractivity contribution in [3.05, 3.63) is 57.4 Å². The Kier molecular flexibility index (Phi) is 6.27. The van der Waals surface area contributed by atoms with E-state index in [4.69, 9.17) is 9.72 Å². The lowest BCUT2D eigenvalue weighted by Crippen LogP contribution is -2.47. The van der Waals surface area contributed by atoms with E-state index in [1.54, 1.807) is 6.20 Å². The van der Waals surface area contributed by atoms with Gasteiger partial charge in [-0.2, -0.15) is 4.39 Å². The van der Waals surface area contributed by atoms with Crippen molar-refractivity contribution in [2.24, 2.45) is 0 Å². The molecule has 0 bridgehead atoms. The standard InChI is InChI=1S/C22H27FIN3O/c23-20-18(24)13-17(15-27-20)14-25-11-8-21(19-5-1-4-10-26-19)9-12-28-22(16-21)6-2-3-7-22/h1,4-5,10,13,15,25H,2-3,6-9,11-12,14,16H2/t21-/m1/s1. The largest absolute Gasteiger partial charge is 0.375 e. The third kappa shape index (κ3) is 4.39. The van der Waals surface area contributed by atoms with Gasteiger partial charge in [0.15, 0.2) is 0 Å². The minimum atomic E-state index is -0.400. The smallest absolute Gasteiger partial charge is 0.226 e. The summed E-state index contributed by atoms with van der Waals surface area (Å²) >= 11 is 1.99. The number of nitrogens with one attached hydrogen (secondary N) is 1. The molecule has 28 heavy (non-hydrogen) atoms. The number of ether oxygens (including phenoxy) is 1. The van der Waals surface area contributed by atoms with Crippen LogP contribution in [-0.4, -0.2) is 28.7 Å². The molecule has 1 aliphatic heterocycles. The molecule has 0 radical (unpaired) electrons. The van der Waals surface area contributed by atoms with E-state index in [1.165, 1.54) is 31.4 Å². The Labute approximate surface area is 179 Å². The number of hydrogen-bond donors (Lipinski definition) is 1. The van der Waals surface area contributed by atoms with Gasteiger partial charge < -0.3 is 10.1 Å². The average molecular weight is 495 g/mol. The first kappa shape index (κ1) is 20.2. The van der Waals surface area contributed by atoms with Crippen LogP contribution in [0.4, 0.5) is 4.39 Å². The van der Waals surface area contributed by atoms with Crippen molar-refractivity contribution in [3.63, 3.8) is 0 Å². The second kappa shape index (κ2) is 8.71. The molecular weight excluding hydrogens is 468 g/mol. The Morgan fingerprint density at radius 2 is 2.04 bits per heavy atom. The zero-order valence-corrected chi connectivity index (χ0v) is 18.3. The summed E-state index contributed by atoms with van der Waals surface area (Å²) in [5, 5.41) is 3.53. The van der Waals surface area contributed by atoms with Gasteiger partial charge in [-0.1, -0.05) is 18.9 Å². The molecular formula is C22H27FIN3O. The number of nitrogens with zero attached hydrogens (tertiary/aromatic N) is 2. The summed E-state index contributed by atoms with van der Waals surface area (Å²) in [4.78, 5) is 8.57. The quantitative estimate of drug-likeness (QED) is 0.357. The summed E-state index contributed by atoms with van der Waals surface area (Å²) in [6, 6.07) is 8.12. The van der Waals surface area contributed by atoms with Gasteiger partial charge in [0.1, 0.15) is 0 Å². The molecule has 2 aromatic heterocycles. The summed E-state index contributed by atoms with van der Waals surface area (Å²) in [5.74, 6) is -0.400. The van der Waals surface area contributed by atoms with E-state index in [0.29, 0.717) is 10.1 Å². The van der Waals surface area contributed by atoms with Gasteiger partial charge in [0, 0.05) is 36.7 Å². The highest BCUT2D eigenvalue weighted by molar-refractivity contribution is 14.1. The third-order valence-corrected chi connectivity index (χ3v) is 7.09. The zero-order valence-electron chi connectivity index (χ0n) is 16.1. The van der Waals surface area contributed by atoms with Crippen molar-refractivity contribution < 1.29 is 9.13 Å². The van der Waals surface area contributed by atoms with E-state index >= 15 is 0 Å². The minimum absolute atomic E-state index is 0.0484. The summed E-state index contributed by atoms with van der Waals surface area (Å²) in [7, 11) is 0. The van der Waals surface area contributed by atoms with Crippen LogP contribution in [0.15, 0.2) is 36.7 Å². The molecule has 1 atom stereocenters. The van der Waals surface area contributed by atoms with E-state index in [1.807, 2.05) is 40.9 Å². The predicted octanol–water partition coefficient (Wildman–Crippen LogP) is 4.76. The molecule has 1 N–H and O–H groups in total. The maximum absolute atomic E-state index is 13.4. The molecule has 150 valence electrons. The molecule has 1 aliphatic carbocycles. The van der Waals surface area contributed by atoms with Crippen molar-refractivity contribution in [1.82, 2.24) is 15.3 Å². The Morgan fingerprint density at radius 3 is 2.79 bits per heavy atom. The van der Waals surface area contributed by atoms with E-state index in [2.05, 4.69) is 22.4 Å². The second-order valence-corrected chi connectivity index (χ2v) is 9.37. The van der Waals surface area contributed by atoms with Gasteiger partial charge in [0.25, 0.3) is 0 Å². The van der Waals surface area contributed by atoms with Crippen molar-refractivity contribution in [3.8, 4) is 0 Å². The van der Waals surface area contributed by atoms with E-state index in [0.717, 1.165) is 38.0 Å². The molecule has 6 heteroatoms. The topological polar surface area (TPSA) is 47.0 Å². The molecule has 0 amide bonds. The van der Waals surface area contributed by atoms with Crippen molar-refractivity contribution >= 4 is 22.6 Å². The summed E-state index contributed by atoms with van der Waals surface area (Å²) in [6.45, 7) is 2.40. The number of hydrogen-bond acceptors (Lipinski definition) is 4. The highest BCUT2D eigenvalue weighted by Crippen LogP contribution is 2.49. The van der Waals surface area contributed by atoms with Gasteiger partial charge >= 0.3 is 0 Å². The highest BCUT2D eigenvalue weighted by atomic mass is 127. The average Bonchev–Trinajstić information content (AvgIpc) is 3.16. The Hall–Kier alpha value is -1.12. The van der Waals surface area contributed by atoms with Crippen LogP contribution < -0.4 is 5.32 Å². The van der Waals surface area contributed by atoms with Crippen LogP contribution in [0, 0.1) is 9.52 Å². The predicted molar refractivity (Wildman–Crippen MR) is 116 cm³/mol. The van der Waals surface area contributed by atoms with Crippen LogP contribution in [0.2, 0.25) is 0 Å². The lowest BCUT2D eigenvalue weighted by molar-refractivity contribution is -0.104. The van der Waals surface area contributed by atoms with Gasteiger partial charge in [-0.05, 0) is 85.0 Å². The molecule has 0 aromatic carbocycles. The highest BCUT2D eigenvalue weighted by Gasteiger charge is 2.48. The van der Waals surface area contributed by atoms with Gasteiger partial charge in [-0.3, -0.25) is 4.98 Å². The molecule has 3 heterocycles. The first-order chi connectivity index (χ1) is 13.6. The molecule has 2 fully saturated rings. The number of aromatic nitrogens is 2. The minimum Gasteiger partial charge on any atom is -0.375 e. The fraction of sp³-hybridized carbons (Fsp3) is 0.545. The zero-order chi connectivity index (χ0) is 19.5. The molecule has 1 saturated carbocycles. The van der Waals surface area contributed by atoms with Crippen LogP contribution in [0.5, 0.6) is 0 Å². The fourth-order valence-electron chi connectivity index (χ4n) is 4.91. The summed E-state index contributed by atoms with van der Waals surface area (Å²) in [5.41, 5.74) is 2.32. The van der Waals surface area contributed by atoms with Crippen LogP contribution in [0.1, 0.15) is 56.2 Å². The Morgan fingerprint density at radius 1 is 1.18 bits per heavy atom. The van der Waals surface area contributed by atoms with E-state index < -0.39 is 5.95 Å². The lowest BCUT2D eigenvalue weighted by Gasteiger charge is -2.46.